The Hall–Kier alpha value is -1.33. The third kappa shape index (κ3) is 3.36. The molecule has 0 aromatic heterocycles. The second kappa shape index (κ2) is 5.14. The smallest absolute Gasteiger partial charge is 0.238 e. The van der Waals surface area contributed by atoms with Gasteiger partial charge in [-0.2, -0.15) is 0 Å². The maximum atomic E-state index is 11.1. The predicted molar refractivity (Wildman–Crippen MR) is 62.9 cm³/mol. The summed E-state index contributed by atoms with van der Waals surface area (Å²) in [5, 5.41) is 5.02. The summed E-state index contributed by atoms with van der Waals surface area (Å²) in [5.74, 6) is 0.661. The van der Waals surface area contributed by atoms with Crippen LogP contribution in [0.1, 0.15) is 12.0 Å². The average molecular weight is 241 g/mol. The van der Waals surface area contributed by atoms with Gasteiger partial charge in [0.25, 0.3) is 0 Å². The van der Waals surface area contributed by atoms with Crippen LogP contribution in [0.4, 0.5) is 0 Å². The molecule has 5 heteroatoms. The van der Waals surface area contributed by atoms with Gasteiger partial charge < -0.3 is 4.74 Å². The minimum atomic E-state index is -3.64. The van der Waals surface area contributed by atoms with E-state index >= 15 is 0 Å². The van der Waals surface area contributed by atoms with Crippen LogP contribution >= 0.6 is 0 Å². The molecule has 1 aromatic rings. The van der Waals surface area contributed by atoms with Crippen molar-refractivity contribution in [2.75, 3.05) is 6.61 Å². The molecule has 2 N–H and O–H groups in total. The first-order valence-corrected chi connectivity index (χ1v) is 6.37. The van der Waals surface area contributed by atoms with E-state index in [1.165, 1.54) is 12.1 Å². The van der Waals surface area contributed by atoms with Gasteiger partial charge in [-0.05, 0) is 37.1 Å². The van der Waals surface area contributed by atoms with E-state index in [9.17, 15) is 8.42 Å². The highest BCUT2D eigenvalue weighted by Crippen LogP contribution is 2.21. The molecule has 1 rings (SSSR count). The van der Waals surface area contributed by atoms with Crippen molar-refractivity contribution < 1.29 is 13.2 Å². The van der Waals surface area contributed by atoms with Crippen molar-refractivity contribution in [1.82, 2.24) is 0 Å². The topological polar surface area (TPSA) is 69.4 Å². The highest BCUT2D eigenvalue weighted by Gasteiger charge is 2.09. The molecule has 0 heterocycles. The molecular formula is C11H15NO3S. The van der Waals surface area contributed by atoms with Crippen LogP contribution in [-0.2, 0) is 10.0 Å². The number of primary sulfonamides is 1. The zero-order valence-corrected chi connectivity index (χ0v) is 9.96. The second-order valence-electron chi connectivity index (χ2n) is 3.40. The van der Waals surface area contributed by atoms with Gasteiger partial charge in [-0.25, -0.2) is 13.6 Å². The Morgan fingerprint density at radius 2 is 2.19 bits per heavy atom. The van der Waals surface area contributed by atoms with Gasteiger partial charge in [0.2, 0.25) is 10.0 Å². The summed E-state index contributed by atoms with van der Waals surface area (Å²) < 4.78 is 27.6. The summed E-state index contributed by atoms with van der Waals surface area (Å²) in [5.41, 5.74) is 0.746. The van der Waals surface area contributed by atoms with Crippen molar-refractivity contribution in [3.63, 3.8) is 0 Å². The summed E-state index contributed by atoms with van der Waals surface area (Å²) in [6, 6.07) is 4.54. The molecule has 16 heavy (non-hydrogen) atoms. The van der Waals surface area contributed by atoms with E-state index < -0.39 is 10.0 Å². The van der Waals surface area contributed by atoms with Gasteiger partial charge in [-0.3, -0.25) is 0 Å². The Morgan fingerprint density at radius 3 is 2.69 bits per heavy atom. The highest BCUT2D eigenvalue weighted by molar-refractivity contribution is 7.89. The third-order valence-corrected chi connectivity index (χ3v) is 2.97. The zero-order chi connectivity index (χ0) is 12.2. The SMILES string of the molecule is C=CCCOc1ccc(S(N)(=O)=O)cc1C. The largest absolute Gasteiger partial charge is 0.493 e. The molecule has 0 spiro atoms. The quantitative estimate of drug-likeness (QED) is 0.628. The monoisotopic (exact) mass is 241 g/mol. The average Bonchev–Trinajstić information content (AvgIpc) is 2.19. The molecule has 0 bridgehead atoms. The zero-order valence-electron chi connectivity index (χ0n) is 9.14. The van der Waals surface area contributed by atoms with E-state index in [-0.39, 0.29) is 4.90 Å². The third-order valence-electron chi connectivity index (χ3n) is 2.05. The molecular weight excluding hydrogens is 226 g/mol. The normalized spacial score (nSPS) is 11.1. The Bertz CT molecular complexity index is 480. The van der Waals surface area contributed by atoms with Gasteiger partial charge >= 0.3 is 0 Å². The van der Waals surface area contributed by atoms with Crippen LogP contribution in [0.25, 0.3) is 0 Å². The minimum Gasteiger partial charge on any atom is -0.493 e. The molecule has 0 radical (unpaired) electrons. The van der Waals surface area contributed by atoms with Crippen molar-refractivity contribution in [3.05, 3.63) is 36.4 Å². The van der Waals surface area contributed by atoms with Crippen LogP contribution in [0, 0.1) is 6.92 Å². The number of rotatable bonds is 5. The van der Waals surface area contributed by atoms with Crippen molar-refractivity contribution in [2.45, 2.75) is 18.2 Å². The van der Waals surface area contributed by atoms with Gasteiger partial charge in [0.05, 0.1) is 11.5 Å². The number of benzene rings is 1. The first-order valence-electron chi connectivity index (χ1n) is 4.82. The van der Waals surface area contributed by atoms with E-state index in [1.54, 1.807) is 19.1 Å². The number of hydrogen-bond donors (Lipinski definition) is 1. The maximum absolute atomic E-state index is 11.1. The lowest BCUT2D eigenvalue weighted by Gasteiger charge is -2.08. The van der Waals surface area contributed by atoms with Gasteiger partial charge in [-0.1, -0.05) is 6.08 Å². The van der Waals surface area contributed by atoms with Crippen LogP contribution in [0.15, 0.2) is 35.7 Å². The van der Waals surface area contributed by atoms with Gasteiger partial charge in [0, 0.05) is 0 Å². The standard InChI is InChI=1S/C11H15NO3S/c1-3-4-7-15-11-6-5-10(8-9(11)2)16(12,13)14/h3,5-6,8H,1,4,7H2,2H3,(H2,12,13,14). The molecule has 0 atom stereocenters. The molecule has 0 saturated carbocycles. The second-order valence-corrected chi connectivity index (χ2v) is 4.96. The molecule has 1 aromatic carbocycles. The van der Waals surface area contributed by atoms with E-state index in [4.69, 9.17) is 9.88 Å². The van der Waals surface area contributed by atoms with Crippen molar-refractivity contribution in [2.24, 2.45) is 5.14 Å². The summed E-state index contributed by atoms with van der Waals surface area (Å²) in [4.78, 5) is 0.0982. The van der Waals surface area contributed by atoms with Gasteiger partial charge in [-0.15, -0.1) is 6.58 Å². The van der Waals surface area contributed by atoms with E-state index in [0.717, 1.165) is 12.0 Å². The molecule has 0 aliphatic carbocycles. The lowest BCUT2D eigenvalue weighted by Crippen LogP contribution is -2.12. The number of hydrogen-bond acceptors (Lipinski definition) is 3. The Morgan fingerprint density at radius 1 is 1.50 bits per heavy atom. The molecule has 88 valence electrons. The van der Waals surface area contributed by atoms with Crippen LogP contribution in [0.5, 0.6) is 5.75 Å². The molecule has 0 aliphatic heterocycles. The summed E-state index contributed by atoms with van der Waals surface area (Å²) in [6.45, 7) is 5.89. The first-order chi connectivity index (χ1) is 7.45. The number of sulfonamides is 1. The van der Waals surface area contributed by atoms with Crippen molar-refractivity contribution in [3.8, 4) is 5.75 Å². The van der Waals surface area contributed by atoms with Crippen molar-refractivity contribution in [1.29, 1.82) is 0 Å². The molecule has 0 fully saturated rings. The predicted octanol–water partition coefficient (Wildman–Crippen LogP) is 1.60. The van der Waals surface area contributed by atoms with E-state index in [1.807, 2.05) is 0 Å². The maximum Gasteiger partial charge on any atom is 0.238 e. The van der Waals surface area contributed by atoms with E-state index in [2.05, 4.69) is 6.58 Å². The molecule has 0 unspecified atom stereocenters. The highest BCUT2D eigenvalue weighted by atomic mass is 32.2. The van der Waals surface area contributed by atoms with Crippen molar-refractivity contribution >= 4 is 10.0 Å². The first kappa shape index (κ1) is 12.7. The van der Waals surface area contributed by atoms with Crippen LogP contribution in [0.3, 0.4) is 0 Å². The van der Waals surface area contributed by atoms with Gasteiger partial charge in [0.15, 0.2) is 0 Å². The lowest BCUT2D eigenvalue weighted by molar-refractivity contribution is 0.322. The van der Waals surface area contributed by atoms with Crippen LogP contribution in [-0.4, -0.2) is 15.0 Å². The lowest BCUT2D eigenvalue weighted by atomic mass is 10.2. The molecule has 0 amide bonds. The Balaban J connectivity index is 2.88. The minimum absolute atomic E-state index is 0.0982. The Kier molecular flexibility index (Phi) is 4.09. The summed E-state index contributed by atoms with van der Waals surface area (Å²) >= 11 is 0. The molecule has 0 aliphatic rings. The summed E-state index contributed by atoms with van der Waals surface area (Å²) in [7, 11) is -3.64. The summed E-state index contributed by atoms with van der Waals surface area (Å²) in [6.07, 6.45) is 2.50. The van der Waals surface area contributed by atoms with Crippen LogP contribution < -0.4 is 9.88 Å². The number of ether oxygens (including phenoxy) is 1. The van der Waals surface area contributed by atoms with Gasteiger partial charge in [0.1, 0.15) is 5.75 Å². The van der Waals surface area contributed by atoms with Crippen LogP contribution in [0.2, 0.25) is 0 Å². The number of nitrogens with two attached hydrogens (primary N) is 1. The fourth-order valence-electron chi connectivity index (χ4n) is 1.21. The number of aryl methyl sites for hydroxylation is 1. The Labute approximate surface area is 95.8 Å². The fraction of sp³-hybridized carbons (Fsp3) is 0.273. The fourth-order valence-corrected chi connectivity index (χ4v) is 1.81. The molecule has 4 nitrogen and oxygen atoms in total. The van der Waals surface area contributed by atoms with E-state index in [0.29, 0.717) is 12.4 Å². The molecule has 0 saturated heterocycles.